The van der Waals surface area contributed by atoms with E-state index in [9.17, 15) is 14.4 Å². The van der Waals surface area contributed by atoms with Crippen molar-refractivity contribution in [2.75, 3.05) is 0 Å². The third-order valence-electron chi connectivity index (χ3n) is 1.51. The molecule has 14 heavy (non-hydrogen) atoms. The lowest BCUT2D eigenvalue weighted by Gasteiger charge is -1.99. The van der Waals surface area contributed by atoms with Gasteiger partial charge in [0.15, 0.2) is 6.29 Å². The van der Waals surface area contributed by atoms with Gasteiger partial charge in [-0.25, -0.2) is 4.98 Å². The van der Waals surface area contributed by atoms with E-state index in [-0.39, 0.29) is 23.4 Å². The van der Waals surface area contributed by atoms with Crippen LogP contribution in [0.2, 0.25) is 0 Å². The number of carbonyl (C=O) groups excluding carboxylic acids is 2. The molecular weight excluding hydrogens is 186 g/mol. The quantitative estimate of drug-likeness (QED) is 0.696. The molecular formula is C9H7NO4. The average Bonchev–Trinajstić information content (AvgIpc) is 2.16. The molecule has 0 aliphatic heterocycles. The summed E-state index contributed by atoms with van der Waals surface area (Å²) in [4.78, 5) is 34.9. The van der Waals surface area contributed by atoms with Gasteiger partial charge < -0.3 is 5.11 Å². The molecule has 0 aliphatic rings. The summed E-state index contributed by atoms with van der Waals surface area (Å²) in [5.74, 6) is -1.06. The smallest absolute Gasteiger partial charge is 0.309 e. The van der Waals surface area contributed by atoms with Crippen LogP contribution in [-0.2, 0) is 11.2 Å². The van der Waals surface area contributed by atoms with Gasteiger partial charge in [0.1, 0.15) is 12.0 Å². The number of aromatic nitrogens is 1. The molecule has 0 spiro atoms. The predicted octanol–water partition coefficient (Wildman–Crippen LogP) is 0.334. The van der Waals surface area contributed by atoms with Crippen molar-refractivity contribution in [2.45, 2.75) is 6.42 Å². The maximum atomic E-state index is 10.4. The summed E-state index contributed by atoms with van der Waals surface area (Å²) in [5, 5.41) is 8.48. The zero-order chi connectivity index (χ0) is 10.6. The Labute approximate surface area is 79.4 Å². The van der Waals surface area contributed by atoms with Gasteiger partial charge in [0.25, 0.3) is 0 Å². The van der Waals surface area contributed by atoms with E-state index < -0.39 is 5.97 Å². The van der Waals surface area contributed by atoms with Crippen LogP contribution in [0.25, 0.3) is 0 Å². The highest BCUT2D eigenvalue weighted by Gasteiger charge is 2.05. The van der Waals surface area contributed by atoms with Crippen LogP contribution >= 0.6 is 0 Å². The van der Waals surface area contributed by atoms with Gasteiger partial charge >= 0.3 is 5.97 Å². The number of rotatable bonds is 4. The summed E-state index contributed by atoms with van der Waals surface area (Å²) in [7, 11) is 0. The van der Waals surface area contributed by atoms with Crippen molar-refractivity contribution in [1.82, 2.24) is 4.98 Å². The fourth-order valence-electron chi connectivity index (χ4n) is 1.01. The molecule has 0 fully saturated rings. The standard InChI is InChI=1S/C9H7NO4/c11-4-6-1-7(3-9(13)14)10-8(2-6)5-12/h1-2,4-5H,3H2,(H,13,14). The number of carbonyl (C=O) groups is 3. The number of hydrogen-bond donors (Lipinski definition) is 1. The fourth-order valence-corrected chi connectivity index (χ4v) is 1.01. The van der Waals surface area contributed by atoms with Crippen molar-refractivity contribution in [3.63, 3.8) is 0 Å². The van der Waals surface area contributed by atoms with Crippen LogP contribution in [0, 0.1) is 0 Å². The van der Waals surface area contributed by atoms with Crippen molar-refractivity contribution in [3.05, 3.63) is 29.1 Å². The predicted molar refractivity (Wildman–Crippen MR) is 46.4 cm³/mol. The summed E-state index contributed by atoms with van der Waals surface area (Å²) in [6.45, 7) is 0. The fraction of sp³-hybridized carbons (Fsp3) is 0.111. The van der Waals surface area contributed by atoms with Crippen LogP contribution in [0.1, 0.15) is 26.5 Å². The second-order valence-corrected chi connectivity index (χ2v) is 2.62. The van der Waals surface area contributed by atoms with Gasteiger partial charge in [-0.15, -0.1) is 0 Å². The molecule has 0 amide bonds. The van der Waals surface area contributed by atoms with Crippen molar-refractivity contribution in [2.24, 2.45) is 0 Å². The zero-order valence-electron chi connectivity index (χ0n) is 7.14. The van der Waals surface area contributed by atoms with Crippen LogP contribution in [0.4, 0.5) is 0 Å². The summed E-state index contributed by atoms with van der Waals surface area (Å²) in [6, 6.07) is 2.64. The summed E-state index contributed by atoms with van der Waals surface area (Å²) < 4.78 is 0. The highest BCUT2D eigenvalue weighted by Crippen LogP contribution is 2.03. The summed E-state index contributed by atoms with van der Waals surface area (Å²) in [6.07, 6.45) is 0.709. The molecule has 1 aromatic rings. The monoisotopic (exact) mass is 193 g/mol. The first-order chi connectivity index (χ1) is 6.65. The molecule has 5 heteroatoms. The molecule has 1 N–H and O–H groups in total. The second-order valence-electron chi connectivity index (χ2n) is 2.62. The second kappa shape index (κ2) is 4.27. The minimum atomic E-state index is -1.06. The minimum absolute atomic E-state index is 0.0610. The van der Waals surface area contributed by atoms with E-state index in [4.69, 9.17) is 5.11 Å². The van der Waals surface area contributed by atoms with Gasteiger partial charge in [-0.2, -0.15) is 0 Å². The summed E-state index contributed by atoms with van der Waals surface area (Å²) >= 11 is 0. The van der Waals surface area contributed by atoms with Gasteiger partial charge in [0.2, 0.25) is 0 Å². The first-order valence-corrected chi connectivity index (χ1v) is 3.79. The first-order valence-electron chi connectivity index (χ1n) is 3.79. The number of aliphatic carboxylic acids is 1. The minimum Gasteiger partial charge on any atom is -0.481 e. The van der Waals surface area contributed by atoms with Crippen LogP contribution < -0.4 is 0 Å². The number of pyridine rings is 1. The molecule has 0 unspecified atom stereocenters. The largest absolute Gasteiger partial charge is 0.481 e. The van der Waals surface area contributed by atoms with E-state index >= 15 is 0 Å². The van der Waals surface area contributed by atoms with Crippen molar-refractivity contribution in [1.29, 1.82) is 0 Å². The molecule has 0 aromatic carbocycles. The van der Waals surface area contributed by atoms with Crippen LogP contribution in [-0.4, -0.2) is 28.6 Å². The van der Waals surface area contributed by atoms with Crippen LogP contribution in [0.15, 0.2) is 12.1 Å². The Kier molecular flexibility index (Phi) is 3.06. The van der Waals surface area contributed by atoms with Gasteiger partial charge in [-0.05, 0) is 12.1 Å². The van der Waals surface area contributed by atoms with Crippen LogP contribution in [0.5, 0.6) is 0 Å². The highest BCUT2D eigenvalue weighted by atomic mass is 16.4. The molecule has 0 saturated carbocycles. The average molecular weight is 193 g/mol. The number of carboxylic acids is 1. The van der Waals surface area contributed by atoms with Gasteiger partial charge in [0, 0.05) is 5.56 Å². The van der Waals surface area contributed by atoms with E-state index in [1.54, 1.807) is 0 Å². The van der Waals surface area contributed by atoms with Gasteiger partial charge in [-0.1, -0.05) is 0 Å². The topological polar surface area (TPSA) is 84.3 Å². The number of nitrogens with zero attached hydrogens (tertiary/aromatic N) is 1. The molecule has 1 aromatic heterocycles. The molecule has 0 atom stereocenters. The zero-order valence-corrected chi connectivity index (χ0v) is 7.14. The number of hydrogen-bond acceptors (Lipinski definition) is 4. The Morgan fingerprint density at radius 1 is 1.36 bits per heavy atom. The molecule has 1 heterocycles. The third-order valence-corrected chi connectivity index (χ3v) is 1.51. The first kappa shape index (κ1) is 10.0. The lowest BCUT2D eigenvalue weighted by molar-refractivity contribution is -0.136. The maximum absolute atomic E-state index is 10.4. The van der Waals surface area contributed by atoms with E-state index in [1.807, 2.05) is 0 Å². The molecule has 5 nitrogen and oxygen atoms in total. The Balaban J connectivity index is 3.09. The SMILES string of the molecule is O=Cc1cc(C=O)nc(CC(=O)O)c1. The Morgan fingerprint density at radius 3 is 2.57 bits per heavy atom. The number of carboxylic acid groups (broad SMARTS) is 1. The molecule has 0 radical (unpaired) electrons. The van der Waals surface area contributed by atoms with E-state index in [1.165, 1.54) is 12.1 Å². The highest BCUT2D eigenvalue weighted by molar-refractivity contribution is 5.81. The molecule has 0 bridgehead atoms. The lowest BCUT2D eigenvalue weighted by atomic mass is 10.2. The molecule has 1 rings (SSSR count). The Hall–Kier alpha value is -2.04. The van der Waals surface area contributed by atoms with Crippen molar-refractivity contribution in [3.8, 4) is 0 Å². The van der Waals surface area contributed by atoms with E-state index in [0.717, 1.165) is 0 Å². The lowest BCUT2D eigenvalue weighted by Crippen LogP contribution is -2.05. The van der Waals surface area contributed by atoms with Gasteiger partial charge in [-0.3, -0.25) is 14.4 Å². The number of aldehydes is 2. The van der Waals surface area contributed by atoms with Crippen molar-refractivity contribution < 1.29 is 19.5 Å². The van der Waals surface area contributed by atoms with Crippen molar-refractivity contribution >= 4 is 18.5 Å². The molecule has 72 valence electrons. The van der Waals surface area contributed by atoms with E-state index in [2.05, 4.69) is 4.98 Å². The Morgan fingerprint density at radius 2 is 2.07 bits per heavy atom. The third kappa shape index (κ3) is 2.48. The maximum Gasteiger partial charge on any atom is 0.309 e. The molecule has 0 saturated heterocycles. The Bertz CT molecular complexity index is 360. The van der Waals surface area contributed by atoms with Crippen LogP contribution in [0.3, 0.4) is 0 Å². The summed E-state index contributed by atoms with van der Waals surface area (Å²) in [5.41, 5.74) is 0.508. The van der Waals surface area contributed by atoms with Gasteiger partial charge in [0.05, 0.1) is 12.1 Å². The molecule has 0 aliphatic carbocycles. The van der Waals surface area contributed by atoms with E-state index in [0.29, 0.717) is 12.6 Å². The normalized spacial score (nSPS) is 9.43.